The van der Waals surface area contributed by atoms with Gasteiger partial charge in [-0.3, -0.25) is 0 Å². The molecule has 6 nitrogen and oxygen atoms in total. The number of ether oxygens (including phenoxy) is 1. The molecule has 0 spiro atoms. The molecule has 2 atom stereocenters. The van der Waals surface area contributed by atoms with Gasteiger partial charge in [0.15, 0.2) is 6.10 Å². The Bertz CT molecular complexity index is 176. The molecule has 1 saturated heterocycles. The highest BCUT2D eigenvalue weighted by molar-refractivity contribution is 5.78. The van der Waals surface area contributed by atoms with Gasteiger partial charge in [0, 0.05) is 0 Å². The summed E-state index contributed by atoms with van der Waals surface area (Å²) in [7, 11) is 0. The van der Waals surface area contributed by atoms with E-state index >= 15 is 0 Å². The molecule has 1 fully saturated rings. The largest absolute Gasteiger partial charge is 0.452 e. The fourth-order valence-corrected chi connectivity index (χ4v) is 0.813. The fraction of sp³-hybridized carbons (Fsp3) is 0.800. The van der Waals surface area contributed by atoms with Gasteiger partial charge in [-0.25, -0.2) is 4.79 Å². The van der Waals surface area contributed by atoms with E-state index in [9.17, 15) is 4.79 Å². The van der Waals surface area contributed by atoms with E-state index in [4.69, 9.17) is 20.4 Å². The van der Waals surface area contributed by atoms with Crippen molar-refractivity contribution in [3.05, 3.63) is 0 Å². The second-order valence-electron chi connectivity index (χ2n) is 2.29. The molecule has 1 aliphatic rings. The molecule has 0 aromatic heterocycles. The maximum absolute atomic E-state index is 10.5. The van der Waals surface area contributed by atoms with E-state index in [2.05, 4.69) is 4.74 Å². The third-order valence-corrected chi connectivity index (χ3v) is 1.52. The number of carbonyl (C=O) groups is 1. The van der Waals surface area contributed by atoms with Crippen LogP contribution >= 0.6 is 0 Å². The van der Waals surface area contributed by atoms with Gasteiger partial charge >= 0.3 is 5.97 Å². The minimum absolute atomic E-state index is 0.740. The molecule has 0 aromatic rings. The molecule has 4 N–H and O–H groups in total. The van der Waals surface area contributed by atoms with Gasteiger partial charge in [-0.15, -0.1) is 0 Å². The highest BCUT2D eigenvalue weighted by Gasteiger charge is 2.55. The molecule has 0 aromatic carbocycles. The topological polar surface area (TPSA) is 107 Å². The molecule has 0 radical (unpaired) electrons. The zero-order valence-corrected chi connectivity index (χ0v) is 5.47. The summed E-state index contributed by atoms with van der Waals surface area (Å²) in [6.07, 6.45) is -3.47. The number of carbonyl (C=O) groups excluding carboxylic acids is 1. The molecule has 1 heterocycles. The van der Waals surface area contributed by atoms with Gasteiger partial charge in [-0.1, -0.05) is 0 Å². The van der Waals surface area contributed by atoms with E-state index in [0.717, 1.165) is 0 Å². The molecule has 6 heteroatoms. The summed E-state index contributed by atoms with van der Waals surface area (Å²) < 4.78 is 4.20. The summed E-state index contributed by atoms with van der Waals surface area (Å²) in [5.41, 5.74) is 0. The van der Waals surface area contributed by atoms with Gasteiger partial charge in [-0.2, -0.15) is 0 Å². The van der Waals surface area contributed by atoms with Crippen LogP contribution in [-0.2, 0) is 9.53 Å². The predicted octanol–water partition coefficient (Wildman–Crippen LogP) is -3.05. The van der Waals surface area contributed by atoms with E-state index in [1.165, 1.54) is 0 Å². The van der Waals surface area contributed by atoms with E-state index in [0.29, 0.717) is 0 Å². The average molecular weight is 164 g/mol. The minimum Gasteiger partial charge on any atom is -0.452 e. The predicted molar refractivity (Wildman–Crippen MR) is 30.1 cm³/mol. The van der Waals surface area contributed by atoms with Crippen LogP contribution in [0.25, 0.3) is 0 Å². The Kier molecular flexibility index (Phi) is 1.85. The number of esters is 1. The second-order valence-corrected chi connectivity index (χ2v) is 2.29. The zero-order chi connectivity index (χ0) is 8.65. The van der Waals surface area contributed by atoms with E-state index < -0.39 is 30.6 Å². The average Bonchev–Trinajstić information content (AvgIpc) is 2.13. The normalized spacial score (nSPS) is 35.5. The van der Waals surface area contributed by atoms with Gasteiger partial charge in [0.1, 0.15) is 0 Å². The van der Waals surface area contributed by atoms with Crippen molar-refractivity contribution in [2.24, 2.45) is 0 Å². The fourth-order valence-electron chi connectivity index (χ4n) is 0.813. The molecule has 1 rings (SSSR count). The van der Waals surface area contributed by atoms with Crippen molar-refractivity contribution in [2.75, 3.05) is 6.61 Å². The number of hydrogen-bond donors (Lipinski definition) is 4. The molecular formula is C5H8O6. The highest BCUT2D eigenvalue weighted by Crippen LogP contribution is 2.23. The van der Waals surface area contributed by atoms with Crippen LogP contribution < -0.4 is 0 Å². The van der Waals surface area contributed by atoms with Crippen molar-refractivity contribution >= 4 is 5.97 Å². The van der Waals surface area contributed by atoms with Crippen molar-refractivity contribution < 1.29 is 30.0 Å². The first-order valence-corrected chi connectivity index (χ1v) is 2.94. The Hall–Kier alpha value is -0.690. The van der Waals surface area contributed by atoms with E-state index in [-0.39, 0.29) is 0 Å². The number of aliphatic hydroxyl groups excluding tert-OH is 2. The van der Waals surface area contributed by atoms with Crippen molar-refractivity contribution in [3.63, 3.8) is 0 Å². The number of rotatable bonds is 1. The third-order valence-electron chi connectivity index (χ3n) is 1.52. The van der Waals surface area contributed by atoms with Gasteiger partial charge < -0.3 is 25.2 Å². The second kappa shape index (κ2) is 2.42. The molecule has 1 aliphatic heterocycles. The summed E-state index contributed by atoms with van der Waals surface area (Å²) in [6, 6.07) is 0. The molecule has 0 aliphatic carbocycles. The number of hydrogen-bond acceptors (Lipinski definition) is 6. The lowest BCUT2D eigenvalue weighted by atomic mass is 10.1. The first-order chi connectivity index (χ1) is 5.00. The summed E-state index contributed by atoms with van der Waals surface area (Å²) in [5.74, 6) is -3.82. The molecule has 0 bridgehead atoms. The minimum atomic E-state index is -2.67. The summed E-state index contributed by atoms with van der Waals surface area (Å²) in [4.78, 5) is 10.5. The monoisotopic (exact) mass is 164 g/mol. The van der Waals surface area contributed by atoms with Gasteiger partial charge in [0.05, 0.1) is 6.61 Å². The Morgan fingerprint density at radius 3 is 2.27 bits per heavy atom. The van der Waals surface area contributed by atoms with Crippen molar-refractivity contribution in [2.45, 2.75) is 18.0 Å². The van der Waals surface area contributed by atoms with Gasteiger partial charge in [0.2, 0.25) is 11.9 Å². The van der Waals surface area contributed by atoms with E-state index in [1.807, 2.05) is 0 Å². The van der Waals surface area contributed by atoms with Crippen LogP contribution in [0.2, 0.25) is 0 Å². The zero-order valence-electron chi connectivity index (χ0n) is 5.47. The highest BCUT2D eigenvalue weighted by atomic mass is 16.6. The molecule has 0 saturated carbocycles. The summed E-state index contributed by atoms with van der Waals surface area (Å²) in [6.45, 7) is -0.740. The van der Waals surface area contributed by atoms with Crippen LogP contribution in [0, 0.1) is 0 Å². The van der Waals surface area contributed by atoms with Crippen LogP contribution in [0.3, 0.4) is 0 Å². The van der Waals surface area contributed by atoms with Crippen LogP contribution in [0.15, 0.2) is 0 Å². The molecule has 2 unspecified atom stereocenters. The molecule has 64 valence electrons. The lowest BCUT2D eigenvalue weighted by Gasteiger charge is -2.20. The molecule has 11 heavy (non-hydrogen) atoms. The molecular weight excluding hydrogens is 156 g/mol. The van der Waals surface area contributed by atoms with Crippen LogP contribution in [0.5, 0.6) is 0 Å². The first kappa shape index (κ1) is 8.41. The Balaban J connectivity index is 2.82. The standard InChI is InChI=1S/C5H8O6/c6-1-2-5(9,10)3(7)4(8)11-2/h2-3,6-7,9-10H,1H2. The third kappa shape index (κ3) is 1.10. The Morgan fingerprint density at radius 2 is 2.09 bits per heavy atom. The van der Waals surface area contributed by atoms with Gasteiger partial charge in [0.25, 0.3) is 0 Å². The Labute approximate surface area is 61.6 Å². The smallest absolute Gasteiger partial charge is 0.341 e. The van der Waals surface area contributed by atoms with E-state index in [1.54, 1.807) is 0 Å². The van der Waals surface area contributed by atoms with Crippen LogP contribution in [-0.4, -0.2) is 51.0 Å². The number of cyclic esters (lactones) is 1. The maximum atomic E-state index is 10.5. The lowest BCUT2D eigenvalue weighted by Crippen LogP contribution is -2.48. The lowest BCUT2D eigenvalue weighted by molar-refractivity contribution is -0.234. The maximum Gasteiger partial charge on any atom is 0.341 e. The van der Waals surface area contributed by atoms with Crippen molar-refractivity contribution in [1.82, 2.24) is 0 Å². The quantitative estimate of drug-likeness (QED) is 0.242. The SMILES string of the molecule is O=C1OC(CO)C(O)(O)C1O. The summed E-state index contributed by atoms with van der Waals surface area (Å²) in [5, 5.41) is 35.0. The first-order valence-electron chi connectivity index (χ1n) is 2.94. The van der Waals surface area contributed by atoms with Crippen LogP contribution in [0.1, 0.15) is 0 Å². The van der Waals surface area contributed by atoms with Crippen molar-refractivity contribution in [1.29, 1.82) is 0 Å². The number of aliphatic hydroxyl groups is 4. The van der Waals surface area contributed by atoms with Gasteiger partial charge in [-0.05, 0) is 0 Å². The van der Waals surface area contributed by atoms with Crippen LogP contribution in [0.4, 0.5) is 0 Å². The summed E-state index contributed by atoms with van der Waals surface area (Å²) >= 11 is 0. The Morgan fingerprint density at radius 1 is 1.55 bits per heavy atom. The van der Waals surface area contributed by atoms with Crippen molar-refractivity contribution in [3.8, 4) is 0 Å². The molecule has 0 amide bonds.